The Morgan fingerprint density at radius 1 is 1.29 bits per heavy atom. The van der Waals surface area contributed by atoms with Crippen LogP contribution in [-0.4, -0.2) is 68.6 Å². The van der Waals surface area contributed by atoms with Crippen molar-refractivity contribution in [3.8, 4) is 0 Å². The van der Waals surface area contributed by atoms with Crippen molar-refractivity contribution < 1.29 is 27.9 Å². The largest absolute Gasteiger partial charge is 0.370 e. The van der Waals surface area contributed by atoms with Gasteiger partial charge in [0.15, 0.2) is 0 Å². The number of nitrogens with one attached hydrogen (secondary N) is 2. The minimum atomic E-state index is -2.88. The lowest BCUT2D eigenvalue weighted by Crippen LogP contribution is -2.49. The molecule has 1 aliphatic heterocycles. The monoisotopic (exact) mass is 514 g/mol. The van der Waals surface area contributed by atoms with Gasteiger partial charge in [0, 0.05) is 30.0 Å². The lowest BCUT2D eigenvalue weighted by atomic mass is 10.1. The maximum Gasteiger partial charge on any atom is 0.265 e. The Kier molecular flexibility index (Phi) is 8.95. The number of carbonyl (C=O) groups is 3. The van der Waals surface area contributed by atoms with E-state index >= 15 is 0 Å². The van der Waals surface area contributed by atoms with Gasteiger partial charge in [0.05, 0.1) is 15.8 Å². The highest BCUT2D eigenvalue weighted by atomic mass is 35.5. The Labute approximate surface area is 204 Å². The number of nitrogens with zero attached hydrogens (tertiary/aromatic N) is 2. The second-order valence-electron chi connectivity index (χ2n) is 7.56. The highest BCUT2D eigenvalue weighted by molar-refractivity contribution is 7.18. The number of rotatable bonds is 9. The molecule has 8 nitrogen and oxygen atoms in total. The van der Waals surface area contributed by atoms with E-state index in [4.69, 9.17) is 16.3 Å². The predicted octanol–water partition coefficient (Wildman–Crippen LogP) is 3.39. The van der Waals surface area contributed by atoms with Gasteiger partial charge in [-0.15, -0.1) is 11.3 Å². The molecule has 1 aromatic carbocycles. The van der Waals surface area contributed by atoms with Crippen molar-refractivity contribution >= 4 is 52.0 Å². The third kappa shape index (κ3) is 6.29. The molecule has 2 N–H and O–H groups in total. The summed E-state index contributed by atoms with van der Waals surface area (Å²) in [6.07, 6.45) is -2.88. The van der Waals surface area contributed by atoms with Crippen molar-refractivity contribution in [3.63, 3.8) is 0 Å². The van der Waals surface area contributed by atoms with Crippen molar-refractivity contribution in [1.29, 1.82) is 0 Å². The molecule has 0 unspecified atom stereocenters. The first-order valence-corrected chi connectivity index (χ1v) is 11.8. The number of alkyl halides is 2. The summed E-state index contributed by atoms with van der Waals surface area (Å²) in [5.41, 5.74) is -0.152. The van der Waals surface area contributed by atoms with Gasteiger partial charge < -0.3 is 20.3 Å². The summed E-state index contributed by atoms with van der Waals surface area (Å²) in [5.74, 6) is -1.26. The van der Waals surface area contributed by atoms with Crippen LogP contribution in [0.1, 0.15) is 28.6 Å². The standard InChI is InChI=1S/C22H25ClF2N4O4S/c1-3-28(2)16(11-26-22(32)17-6-7-18(23)34-17)21(31)27-15-5-4-13(10-14(15)20(24)25)29-8-9-33-12-19(29)30/h4-7,10,16,20H,3,8-9,11-12H2,1-2H3,(H,26,32)(H,27,31)/t16-/m0/s1. The molecule has 1 aromatic heterocycles. The van der Waals surface area contributed by atoms with E-state index in [9.17, 15) is 23.2 Å². The highest BCUT2D eigenvalue weighted by Crippen LogP contribution is 2.32. The van der Waals surface area contributed by atoms with E-state index in [2.05, 4.69) is 10.6 Å². The summed E-state index contributed by atoms with van der Waals surface area (Å²) < 4.78 is 33.2. The van der Waals surface area contributed by atoms with Crippen LogP contribution in [0.4, 0.5) is 20.2 Å². The average molecular weight is 515 g/mol. The first kappa shape index (κ1) is 26.0. The summed E-state index contributed by atoms with van der Waals surface area (Å²) in [7, 11) is 1.69. The van der Waals surface area contributed by atoms with E-state index in [0.717, 1.165) is 11.3 Å². The summed E-state index contributed by atoms with van der Waals surface area (Å²) in [6.45, 7) is 2.73. The fourth-order valence-electron chi connectivity index (χ4n) is 3.40. The molecule has 184 valence electrons. The molecule has 1 fully saturated rings. The van der Waals surface area contributed by atoms with Gasteiger partial charge in [-0.2, -0.15) is 0 Å². The molecule has 0 aliphatic carbocycles. The molecule has 3 rings (SSSR count). The summed E-state index contributed by atoms with van der Waals surface area (Å²) in [6, 6.07) is 6.43. The summed E-state index contributed by atoms with van der Waals surface area (Å²) in [4.78, 5) is 40.9. The molecule has 2 heterocycles. The maximum atomic E-state index is 13.8. The number of ether oxygens (including phenoxy) is 1. The van der Waals surface area contributed by atoms with E-state index in [1.807, 2.05) is 6.92 Å². The molecule has 2 aromatic rings. The van der Waals surface area contributed by atoms with Crippen LogP contribution in [-0.2, 0) is 14.3 Å². The third-order valence-corrected chi connectivity index (χ3v) is 6.64. The van der Waals surface area contributed by atoms with Crippen LogP contribution in [0.25, 0.3) is 0 Å². The smallest absolute Gasteiger partial charge is 0.265 e. The first-order valence-electron chi connectivity index (χ1n) is 10.6. The van der Waals surface area contributed by atoms with Crippen LogP contribution in [0.15, 0.2) is 30.3 Å². The Morgan fingerprint density at radius 2 is 2.06 bits per heavy atom. The van der Waals surface area contributed by atoms with Gasteiger partial charge in [0.1, 0.15) is 12.6 Å². The van der Waals surface area contributed by atoms with Crippen LogP contribution < -0.4 is 15.5 Å². The Morgan fingerprint density at radius 3 is 2.68 bits per heavy atom. The fourth-order valence-corrected chi connectivity index (χ4v) is 4.36. The second-order valence-corrected chi connectivity index (χ2v) is 9.28. The van der Waals surface area contributed by atoms with E-state index < -0.39 is 23.9 Å². The number of hydrogen-bond acceptors (Lipinski definition) is 6. The van der Waals surface area contributed by atoms with Gasteiger partial charge in [-0.05, 0) is 43.9 Å². The van der Waals surface area contributed by atoms with Gasteiger partial charge in [0.2, 0.25) is 5.91 Å². The van der Waals surface area contributed by atoms with E-state index in [-0.39, 0.29) is 37.2 Å². The van der Waals surface area contributed by atoms with Crippen LogP contribution >= 0.6 is 22.9 Å². The molecule has 34 heavy (non-hydrogen) atoms. The zero-order chi connectivity index (χ0) is 24.8. The van der Waals surface area contributed by atoms with Crippen molar-refractivity contribution in [3.05, 3.63) is 45.1 Å². The normalized spacial score (nSPS) is 15.0. The molecule has 1 aliphatic rings. The highest BCUT2D eigenvalue weighted by Gasteiger charge is 2.27. The molecule has 3 amide bonds. The van der Waals surface area contributed by atoms with Gasteiger partial charge in [0.25, 0.3) is 18.2 Å². The van der Waals surface area contributed by atoms with Crippen molar-refractivity contribution in [2.75, 3.05) is 50.1 Å². The molecular formula is C22H25ClF2N4O4S. The molecule has 12 heteroatoms. The zero-order valence-electron chi connectivity index (χ0n) is 18.6. The first-order chi connectivity index (χ1) is 16.2. The topological polar surface area (TPSA) is 91.0 Å². The van der Waals surface area contributed by atoms with Gasteiger partial charge in [-0.3, -0.25) is 19.3 Å². The lowest BCUT2D eigenvalue weighted by molar-refractivity contribution is -0.125. The van der Waals surface area contributed by atoms with Crippen LogP contribution in [0.5, 0.6) is 0 Å². The van der Waals surface area contributed by atoms with Gasteiger partial charge in [-0.1, -0.05) is 18.5 Å². The maximum absolute atomic E-state index is 13.8. The van der Waals surface area contributed by atoms with Crippen molar-refractivity contribution in [2.45, 2.75) is 19.4 Å². The molecule has 0 bridgehead atoms. The number of anilines is 2. The third-order valence-electron chi connectivity index (χ3n) is 5.41. The molecule has 1 atom stereocenters. The molecule has 0 spiro atoms. The van der Waals surface area contributed by atoms with Gasteiger partial charge >= 0.3 is 0 Å². The number of benzene rings is 1. The number of halogens is 3. The second kappa shape index (κ2) is 11.7. The van der Waals surface area contributed by atoms with Crippen molar-refractivity contribution in [1.82, 2.24) is 10.2 Å². The molecular weight excluding hydrogens is 490 g/mol. The van der Waals surface area contributed by atoms with Crippen LogP contribution in [0.3, 0.4) is 0 Å². The average Bonchev–Trinajstić information content (AvgIpc) is 3.25. The number of carbonyl (C=O) groups excluding carboxylic acids is 3. The lowest BCUT2D eigenvalue weighted by Gasteiger charge is -2.28. The fraction of sp³-hybridized carbons (Fsp3) is 0.409. The van der Waals surface area contributed by atoms with Gasteiger partial charge in [-0.25, -0.2) is 8.78 Å². The minimum absolute atomic E-state index is 0.0328. The van der Waals surface area contributed by atoms with Crippen LogP contribution in [0, 0.1) is 0 Å². The van der Waals surface area contributed by atoms with Crippen molar-refractivity contribution in [2.24, 2.45) is 0 Å². The number of morpholine rings is 1. The van der Waals surface area contributed by atoms with E-state index in [1.54, 1.807) is 24.1 Å². The quantitative estimate of drug-likeness (QED) is 0.535. The zero-order valence-corrected chi connectivity index (χ0v) is 20.2. The minimum Gasteiger partial charge on any atom is -0.370 e. The SMILES string of the molecule is CCN(C)[C@@H](CNC(=O)c1ccc(Cl)s1)C(=O)Nc1ccc(N2CCOCC2=O)cc1C(F)F. The number of likely N-dealkylation sites (N-methyl/N-ethyl adjacent to an activating group) is 1. The number of thiophene rings is 1. The molecule has 0 saturated carbocycles. The number of hydrogen-bond donors (Lipinski definition) is 2. The molecule has 1 saturated heterocycles. The van der Waals surface area contributed by atoms with Crippen LogP contribution in [0.2, 0.25) is 4.34 Å². The Bertz CT molecular complexity index is 1050. The van der Waals surface area contributed by atoms with E-state index in [0.29, 0.717) is 28.1 Å². The summed E-state index contributed by atoms with van der Waals surface area (Å²) in [5, 5.41) is 5.25. The predicted molar refractivity (Wildman–Crippen MR) is 127 cm³/mol. The number of amides is 3. The Hall–Kier alpha value is -2.60. The van der Waals surface area contributed by atoms with E-state index in [1.165, 1.54) is 23.1 Å². The molecule has 0 radical (unpaired) electrons. The summed E-state index contributed by atoms with van der Waals surface area (Å²) >= 11 is 6.98. The Balaban J connectivity index is 1.75.